The van der Waals surface area contributed by atoms with E-state index in [1.165, 1.54) is 19.1 Å². The number of amides is 1. The van der Waals surface area contributed by atoms with Gasteiger partial charge in [-0.3, -0.25) is 9.78 Å². The van der Waals surface area contributed by atoms with Crippen LogP contribution in [-0.4, -0.2) is 34.5 Å². The van der Waals surface area contributed by atoms with Crippen molar-refractivity contribution in [1.29, 1.82) is 0 Å². The second-order valence-electron chi connectivity index (χ2n) is 5.87. The molecule has 0 N–H and O–H groups in total. The van der Waals surface area contributed by atoms with Gasteiger partial charge in [-0.1, -0.05) is 24.6 Å². The number of carbonyl (C=O) groups is 1. The monoisotopic (exact) mass is 418 g/mol. The number of alkyl halides is 1. The van der Waals surface area contributed by atoms with Crippen molar-refractivity contribution in [1.82, 2.24) is 9.88 Å². The molecule has 0 radical (unpaired) electrons. The maximum absolute atomic E-state index is 16.9. The van der Waals surface area contributed by atoms with Gasteiger partial charge in [-0.2, -0.15) is 0 Å². The summed E-state index contributed by atoms with van der Waals surface area (Å²) in [5, 5.41) is -0.622. The summed E-state index contributed by atoms with van der Waals surface area (Å²) in [7, 11) is 0. The van der Waals surface area contributed by atoms with Crippen molar-refractivity contribution < 1.29 is 30.0 Å². The summed E-state index contributed by atoms with van der Waals surface area (Å²) in [5.74, 6) is -2.66. The van der Waals surface area contributed by atoms with Crippen LogP contribution >= 0.6 is 11.6 Å². The van der Waals surface area contributed by atoms with Gasteiger partial charge in [0.15, 0.2) is 0 Å². The lowest BCUT2D eigenvalue weighted by atomic mass is 9.87. The van der Waals surface area contributed by atoms with Gasteiger partial charge in [-0.25, -0.2) is 8.78 Å². The summed E-state index contributed by atoms with van der Waals surface area (Å²) in [6, 6.07) is 4.83. The number of hydrogen-bond donors (Lipinski definition) is 0. The Labute approximate surface area is 186 Å². The Morgan fingerprint density at radius 1 is 1.36 bits per heavy atom. The lowest BCUT2D eigenvalue weighted by molar-refractivity contribution is 0.0389. The molecule has 0 saturated carbocycles. The predicted octanol–water partition coefficient (Wildman–Crippen LogP) is 5.40. The third-order valence-corrected chi connectivity index (χ3v) is 4.20. The summed E-state index contributed by atoms with van der Waals surface area (Å²) >= 11 is 5.66. The first-order valence-corrected chi connectivity index (χ1v) is 8.70. The Kier molecular flexibility index (Phi) is 3.26. The number of halogens is 3. The van der Waals surface area contributed by atoms with Gasteiger partial charge in [0.25, 0.3) is 5.91 Å². The molecule has 0 aliphatic carbocycles. The highest BCUT2D eigenvalue weighted by Gasteiger charge is 2.35. The SMILES string of the molecule is [2H]C([2H])(C)c1ccc(CCC([2H])([2H])C2(F)C([2H])([2H])C([2H])([2H])N(C(=O)c3ccc(F)c(Cl)c3)C([2H])([2H])C2([2H])[2H])nc1. The molecular weight excluding hydrogens is 382 g/mol. The number of likely N-dealkylation sites (tertiary alicyclic amines) is 1. The van der Waals surface area contributed by atoms with Gasteiger partial charge in [0, 0.05) is 46.9 Å². The molecule has 0 spiro atoms. The molecule has 1 aliphatic rings. The molecular formula is C22H25ClF2N2O. The van der Waals surface area contributed by atoms with Crippen molar-refractivity contribution in [2.45, 2.75) is 50.9 Å². The molecule has 0 atom stereocenters. The zero-order chi connectivity index (χ0) is 30.9. The van der Waals surface area contributed by atoms with Crippen LogP contribution in [0.4, 0.5) is 8.78 Å². The molecule has 28 heavy (non-hydrogen) atoms. The number of carbonyl (C=O) groups excluding carboxylic acids is 1. The van der Waals surface area contributed by atoms with Gasteiger partial charge in [-0.05, 0) is 68.2 Å². The molecule has 2 heterocycles. The zero-order valence-corrected chi connectivity index (χ0v) is 15.6. The van der Waals surface area contributed by atoms with Crippen LogP contribution < -0.4 is 0 Å². The standard InChI is InChI=1S/C22H25ClF2N2O/c1-2-16-5-7-18(26-15-16)4-3-9-22(25)10-12-27(13-11-22)21(28)17-6-8-20(24)19(23)14-17/h5-8,14-15H,2-4,9-13H2,1H3/i2D2,9D2,10D2,11D2,12D2,13D2. The molecule has 1 saturated heterocycles. The van der Waals surface area contributed by atoms with Crippen LogP contribution in [0.25, 0.3) is 0 Å². The van der Waals surface area contributed by atoms with E-state index in [4.69, 9.17) is 28.1 Å². The summed E-state index contributed by atoms with van der Waals surface area (Å²) in [5.41, 5.74) is -4.87. The van der Waals surface area contributed by atoms with Gasteiger partial charge in [0.05, 0.1) is 5.02 Å². The highest BCUT2D eigenvalue weighted by molar-refractivity contribution is 6.31. The fourth-order valence-electron chi connectivity index (χ4n) is 2.36. The van der Waals surface area contributed by atoms with Crippen LogP contribution in [0, 0.1) is 5.82 Å². The number of hydrogen-bond acceptors (Lipinski definition) is 2. The molecule has 1 aliphatic heterocycles. The quantitative estimate of drug-likeness (QED) is 0.628. The van der Waals surface area contributed by atoms with E-state index in [1.54, 1.807) is 0 Å². The van der Waals surface area contributed by atoms with Gasteiger partial charge < -0.3 is 4.90 Å². The van der Waals surface area contributed by atoms with Crippen molar-refractivity contribution in [2.24, 2.45) is 0 Å². The smallest absolute Gasteiger partial charge is 0.253 e. The lowest BCUT2D eigenvalue weighted by Crippen LogP contribution is -2.44. The van der Waals surface area contributed by atoms with E-state index in [1.807, 2.05) is 0 Å². The lowest BCUT2D eigenvalue weighted by Gasteiger charge is -2.36. The number of pyridine rings is 1. The maximum atomic E-state index is 16.9. The Hall–Kier alpha value is -2.01. The van der Waals surface area contributed by atoms with Crippen LogP contribution in [0.1, 0.15) is 70.5 Å². The van der Waals surface area contributed by atoms with Crippen LogP contribution in [0.2, 0.25) is 5.02 Å². The molecule has 1 amide bonds. The Balaban J connectivity index is 2.08. The summed E-state index contributed by atoms with van der Waals surface area (Å²) in [6.07, 6.45) is -13.9. The van der Waals surface area contributed by atoms with Crippen molar-refractivity contribution in [3.05, 3.63) is 64.2 Å². The van der Waals surface area contributed by atoms with Crippen molar-refractivity contribution in [3.8, 4) is 0 Å². The molecule has 1 aromatic carbocycles. The average molecular weight is 419 g/mol. The van der Waals surface area contributed by atoms with E-state index in [0.717, 1.165) is 12.3 Å². The van der Waals surface area contributed by atoms with Crippen molar-refractivity contribution in [3.63, 3.8) is 0 Å². The molecule has 0 bridgehead atoms. The normalized spacial score (nSPS) is 30.8. The first kappa shape index (κ1) is 10.1. The highest BCUT2D eigenvalue weighted by atomic mass is 35.5. The summed E-state index contributed by atoms with van der Waals surface area (Å²) in [4.78, 5) is 16.7. The maximum Gasteiger partial charge on any atom is 0.253 e. The van der Waals surface area contributed by atoms with Crippen molar-refractivity contribution in [2.75, 3.05) is 13.0 Å². The van der Waals surface area contributed by atoms with E-state index < -0.39 is 84.2 Å². The van der Waals surface area contributed by atoms with Gasteiger partial charge in [0.1, 0.15) is 11.5 Å². The second kappa shape index (κ2) is 8.99. The first-order chi connectivity index (χ1) is 17.9. The number of aromatic nitrogens is 1. The summed E-state index contributed by atoms with van der Waals surface area (Å²) in [6.45, 7) is -6.67. The molecule has 2 aromatic rings. The van der Waals surface area contributed by atoms with Crippen LogP contribution in [0.3, 0.4) is 0 Å². The average Bonchev–Trinajstić information content (AvgIpc) is 2.82. The minimum atomic E-state index is -4.52. The number of piperidine rings is 1. The minimum Gasteiger partial charge on any atom is -0.338 e. The highest BCUT2D eigenvalue weighted by Crippen LogP contribution is 2.32. The number of aryl methyl sites for hydroxylation is 2. The number of nitrogens with zero attached hydrogens (tertiary/aromatic N) is 2. The summed E-state index contributed by atoms with van der Waals surface area (Å²) < 4.78 is 129. The largest absolute Gasteiger partial charge is 0.338 e. The number of rotatable bonds is 6. The van der Waals surface area contributed by atoms with E-state index in [-0.39, 0.29) is 11.3 Å². The third-order valence-electron chi connectivity index (χ3n) is 3.91. The molecule has 1 fully saturated rings. The Morgan fingerprint density at radius 2 is 2.11 bits per heavy atom. The molecule has 1 aromatic heterocycles. The van der Waals surface area contributed by atoms with Gasteiger partial charge in [0.2, 0.25) is 0 Å². The molecule has 150 valence electrons. The molecule has 3 nitrogen and oxygen atoms in total. The molecule has 3 rings (SSSR count). The first-order valence-electron chi connectivity index (χ1n) is 14.3. The fraction of sp³-hybridized carbons (Fsp3) is 0.455. The fourth-order valence-corrected chi connectivity index (χ4v) is 2.54. The molecule has 0 unspecified atom stereocenters. The van der Waals surface area contributed by atoms with Crippen LogP contribution in [0.5, 0.6) is 0 Å². The van der Waals surface area contributed by atoms with Gasteiger partial charge >= 0.3 is 0 Å². The number of benzene rings is 1. The van der Waals surface area contributed by atoms with Crippen LogP contribution in [-0.2, 0) is 12.8 Å². The van der Waals surface area contributed by atoms with Crippen molar-refractivity contribution >= 4 is 17.5 Å². The topological polar surface area (TPSA) is 33.2 Å². The zero-order valence-electron chi connectivity index (χ0n) is 26.8. The van der Waals surface area contributed by atoms with E-state index in [0.29, 0.717) is 12.1 Å². The second-order valence-corrected chi connectivity index (χ2v) is 6.27. The van der Waals surface area contributed by atoms with E-state index in [9.17, 15) is 9.18 Å². The third kappa shape index (κ3) is 5.07. The predicted molar refractivity (Wildman–Crippen MR) is 107 cm³/mol. The van der Waals surface area contributed by atoms with Crippen LogP contribution in [0.15, 0.2) is 36.5 Å². The molecule has 6 heteroatoms. The van der Waals surface area contributed by atoms with Gasteiger partial charge in [-0.15, -0.1) is 0 Å². The Morgan fingerprint density at radius 3 is 2.71 bits per heavy atom. The Bertz CT molecular complexity index is 1270. The van der Waals surface area contributed by atoms with E-state index in [2.05, 4.69) is 4.98 Å². The minimum absolute atomic E-state index is 0.105. The van der Waals surface area contributed by atoms with E-state index >= 15 is 4.39 Å².